The number of aliphatic carboxylic acids is 1. The van der Waals surface area contributed by atoms with Gasteiger partial charge in [0, 0.05) is 14.0 Å². The first-order valence-corrected chi connectivity index (χ1v) is 5.07. The van der Waals surface area contributed by atoms with Crippen LogP contribution >= 0.6 is 0 Å². The minimum absolute atomic E-state index is 0.298. The molecule has 1 N–H and O–H groups in total. The standard InChI is InChI=1S/C12H15NO4/c1-8(14)13(2)11(12(15)16)9-4-6-10(17-3)7-5-9/h4-7,11H,1-3H3,(H,15,16). The Morgan fingerprint density at radius 2 is 1.82 bits per heavy atom. The van der Waals surface area contributed by atoms with E-state index in [0.29, 0.717) is 11.3 Å². The fourth-order valence-electron chi connectivity index (χ4n) is 1.50. The molecule has 0 aliphatic rings. The van der Waals surface area contributed by atoms with E-state index in [0.717, 1.165) is 0 Å². The molecule has 0 aliphatic heterocycles. The second-order valence-electron chi connectivity index (χ2n) is 3.64. The first-order valence-electron chi connectivity index (χ1n) is 5.07. The highest BCUT2D eigenvalue weighted by molar-refractivity contribution is 5.83. The molecule has 5 nitrogen and oxygen atoms in total. The number of carbonyl (C=O) groups excluding carboxylic acids is 1. The smallest absolute Gasteiger partial charge is 0.331 e. The molecular formula is C12H15NO4. The number of carbonyl (C=O) groups is 2. The van der Waals surface area contributed by atoms with Crippen LogP contribution in [0.2, 0.25) is 0 Å². The molecule has 1 aromatic carbocycles. The molecule has 92 valence electrons. The third kappa shape index (κ3) is 2.96. The molecule has 0 heterocycles. The van der Waals surface area contributed by atoms with Crippen LogP contribution in [0.3, 0.4) is 0 Å². The average Bonchev–Trinajstić information content (AvgIpc) is 2.29. The van der Waals surface area contributed by atoms with Crippen molar-refractivity contribution < 1.29 is 19.4 Å². The number of carboxylic acid groups (broad SMARTS) is 1. The molecule has 1 rings (SSSR count). The average molecular weight is 237 g/mol. The zero-order chi connectivity index (χ0) is 13.0. The van der Waals surface area contributed by atoms with Gasteiger partial charge in [-0.3, -0.25) is 4.79 Å². The van der Waals surface area contributed by atoms with Crippen molar-refractivity contribution in [2.24, 2.45) is 0 Å². The number of nitrogens with zero attached hydrogens (tertiary/aromatic N) is 1. The summed E-state index contributed by atoms with van der Waals surface area (Å²) in [4.78, 5) is 23.6. The summed E-state index contributed by atoms with van der Waals surface area (Å²) in [6, 6.07) is 5.63. The maximum atomic E-state index is 11.2. The molecule has 17 heavy (non-hydrogen) atoms. The van der Waals surface area contributed by atoms with Crippen LogP contribution < -0.4 is 4.74 Å². The lowest BCUT2D eigenvalue weighted by atomic mass is 10.1. The van der Waals surface area contributed by atoms with Crippen molar-refractivity contribution in [3.05, 3.63) is 29.8 Å². The van der Waals surface area contributed by atoms with Crippen LogP contribution in [0.15, 0.2) is 24.3 Å². The normalized spacial score (nSPS) is 11.7. The zero-order valence-corrected chi connectivity index (χ0v) is 10.0. The molecule has 0 saturated heterocycles. The molecule has 0 saturated carbocycles. The summed E-state index contributed by atoms with van der Waals surface area (Å²) in [7, 11) is 3.00. The molecule has 0 aromatic heterocycles. The molecule has 1 atom stereocenters. The highest BCUT2D eigenvalue weighted by Gasteiger charge is 2.26. The van der Waals surface area contributed by atoms with Gasteiger partial charge in [-0.1, -0.05) is 12.1 Å². The largest absolute Gasteiger partial charge is 0.497 e. The highest BCUT2D eigenvalue weighted by atomic mass is 16.5. The van der Waals surface area contributed by atoms with Gasteiger partial charge in [0.05, 0.1) is 7.11 Å². The van der Waals surface area contributed by atoms with Crippen molar-refractivity contribution in [2.45, 2.75) is 13.0 Å². The highest BCUT2D eigenvalue weighted by Crippen LogP contribution is 2.22. The first kappa shape index (κ1) is 13.0. The lowest BCUT2D eigenvalue weighted by Crippen LogP contribution is -2.34. The van der Waals surface area contributed by atoms with Crippen molar-refractivity contribution in [3.63, 3.8) is 0 Å². The van der Waals surface area contributed by atoms with Gasteiger partial charge in [0.25, 0.3) is 0 Å². The predicted molar refractivity (Wildman–Crippen MR) is 61.8 cm³/mol. The first-order chi connectivity index (χ1) is 7.97. The SMILES string of the molecule is COc1ccc(C(C(=O)O)N(C)C(C)=O)cc1. The van der Waals surface area contributed by atoms with Crippen molar-refractivity contribution in [2.75, 3.05) is 14.2 Å². The number of hydrogen-bond acceptors (Lipinski definition) is 3. The van der Waals surface area contributed by atoms with Crippen molar-refractivity contribution in [3.8, 4) is 5.75 Å². The van der Waals surface area contributed by atoms with E-state index in [2.05, 4.69) is 0 Å². The van der Waals surface area contributed by atoms with Crippen LogP contribution in [-0.2, 0) is 9.59 Å². The number of rotatable bonds is 4. The summed E-state index contributed by atoms with van der Waals surface area (Å²) in [5.74, 6) is -0.718. The zero-order valence-electron chi connectivity index (χ0n) is 10.0. The lowest BCUT2D eigenvalue weighted by molar-refractivity contribution is -0.148. The quantitative estimate of drug-likeness (QED) is 0.857. The van der Waals surface area contributed by atoms with E-state index in [9.17, 15) is 9.59 Å². The molecule has 0 bridgehead atoms. The number of benzene rings is 1. The van der Waals surface area contributed by atoms with Gasteiger partial charge < -0.3 is 14.7 Å². The molecule has 0 spiro atoms. The van der Waals surface area contributed by atoms with Gasteiger partial charge >= 0.3 is 5.97 Å². The van der Waals surface area contributed by atoms with Crippen LogP contribution in [0.4, 0.5) is 0 Å². The Morgan fingerprint density at radius 3 is 2.18 bits per heavy atom. The molecule has 5 heteroatoms. The van der Waals surface area contributed by atoms with E-state index in [1.54, 1.807) is 24.3 Å². The maximum Gasteiger partial charge on any atom is 0.331 e. The van der Waals surface area contributed by atoms with Crippen molar-refractivity contribution >= 4 is 11.9 Å². The molecule has 1 amide bonds. The summed E-state index contributed by atoms with van der Waals surface area (Å²) in [6.07, 6.45) is 0. The van der Waals surface area contributed by atoms with Crippen LogP contribution in [0.5, 0.6) is 5.75 Å². The minimum atomic E-state index is -1.06. The number of carboxylic acids is 1. The summed E-state index contributed by atoms with van der Waals surface area (Å²) in [6.45, 7) is 1.33. The van der Waals surface area contributed by atoms with Gasteiger partial charge in [-0.2, -0.15) is 0 Å². The molecule has 0 radical (unpaired) electrons. The fraction of sp³-hybridized carbons (Fsp3) is 0.333. The van der Waals surface area contributed by atoms with Gasteiger partial charge in [-0.05, 0) is 17.7 Å². The van der Waals surface area contributed by atoms with Gasteiger partial charge in [0.2, 0.25) is 5.91 Å². The topological polar surface area (TPSA) is 66.8 Å². The summed E-state index contributed by atoms with van der Waals surface area (Å²) < 4.78 is 4.99. The van der Waals surface area contributed by atoms with E-state index in [-0.39, 0.29) is 5.91 Å². The van der Waals surface area contributed by atoms with Gasteiger partial charge in [-0.15, -0.1) is 0 Å². The summed E-state index contributed by atoms with van der Waals surface area (Å²) >= 11 is 0. The number of hydrogen-bond donors (Lipinski definition) is 1. The Kier molecular flexibility index (Phi) is 4.09. The summed E-state index contributed by atoms with van der Waals surface area (Å²) in [5.41, 5.74) is 0.538. The van der Waals surface area contributed by atoms with Gasteiger partial charge in [0.15, 0.2) is 6.04 Å². The second kappa shape index (κ2) is 5.34. The Hall–Kier alpha value is -2.04. The third-order valence-corrected chi connectivity index (χ3v) is 2.55. The molecule has 1 unspecified atom stereocenters. The van der Waals surface area contributed by atoms with E-state index >= 15 is 0 Å². The van der Waals surface area contributed by atoms with E-state index in [4.69, 9.17) is 9.84 Å². The molecule has 1 aromatic rings. The number of ether oxygens (including phenoxy) is 1. The second-order valence-corrected chi connectivity index (χ2v) is 3.64. The third-order valence-electron chi connectivity index (χ3n) is 2.55. The molecular weight excluding hydrogens is 222 g/mol. The van der Waals surface area contributed by atoms with E-state index in [1.807, 2.05) is 0 Å². The van der Waals surface area contributed by atoms with Crippen LogP contribution in [-0.4, -0.2) is 36.0 Å². The van der Waals surface area contributed by atoms with Gasteiger partial charge in [-0.25, -0.2) is 4.79 Å². The fourth-order valence-corrected chi connectivity index (χ4v) is 1.50. The Bertz CT molecular complexity index is 413. The number of methoxy groups -OCH3 is 1. The monoisotopic (exact) mass is 237 g/mol. The van der Waals surface area contributed by atoms with Crippen molar-refractivity contribution in [1.29, 1.82) is 0 Å². The Labute approximate surface area is 99.6 Å². The van der Waals surface area contributed by atoms with Crippen LogP contribution in [0.1, 0.15) is 18.5 Å². The minimum Gasteiger partial charge on any atom is -0.497 e. The van der Waals surface area contributed by atoms with Gasteiger partial charge in [0.1, 0.15) is 5.75 Å². The predicted octanol–water partition coefficient (Wildman–Crippen LogP) is 1.30. The lowest BCUT2D eigenvalue weighted by Gasteiger charge is -2.23. The van der Waals surface area contributed by atoms with E-state index in [1.165, 1.54) is 26.0 Å². The number of amides is 1. The van der Waals surface area contributed by atoms with Crippen LogP contribution in [0.25, 0.3) is 0 Å². The van der Waals surface area contributed by atoms with E-state index < -0.39 is 12.0 Å². The molecule has 0 aliphatic carbocycles. The summed E-state index contributed by atoms with van der Waals surface area (Å²) in [5, 5.41) is 9.15. The Balaban J connectivity index is 3.05. The Morgan fingerprint density at radius 1 is 1.29 bits per heavy atom. The molecule has 0 fully saturated rings. The maximum absolute atomic E-state index is 11.2. The van der Waals surface area contributed by atoms with Crippen molar-refractivity contribution in [1.82, 2.24) is 4.90 Å². The number of likely N-dealkylation sites (N-methyl/N-ethyl adjacent to an activating group) is 1. The van der Waals surface area contributed by atoms with Crippen LogP contribution in [0, 0.1) is 0 Å².